The second-order valence-electron chi connectivity index (χ2n) is 10.4. The fourth-order valence-electron chi connectivity index (χ4n) is 6.46. The molecule has 0 amide bonds. The molecule has 2 aliphatic rings. The van der Waals surface area contributed by atoms with Crippen molar-refractivity contribution in [2.24, 2.45) is 11.8 Å². The maximum atomic E-state index is 15.4. The molecule has 0 nitrogen and oxygen atoms in total. The van der Waals surface area contributed by atoms with Crippen LogP contribution in [-0.4, -0.2) is 0 Å². The van der Waals surface area contributed by atoms with Gasteiger partial charge in [-0.25, -0.2) is 17.6 Å². The second kappa shape index (κ2) is 10.0. The smallest absolute Gasteiger partial charge is 0.194 e. The fraction of sp³-hybridized carbons (Fsp3) is 0.517. The van der Waals surface area contributed by atoms with Crippen molar-refractivity contribution in [3.8, 4) is 0 Å². The minimum atomic E-state index is -1.38. The van der Waals surface area contributed by atoms with Gasteiger partial charge in [-0.1, -0.05) is 25.5 Å². The number of halogens is 4. The van der Waals surface area contributed by atoms with Gasteiger partial charge in [-0.2, -0.15) is 0 Å². The molecule has 2 saturated carbocycles. The maximum absolute atomic E-state index is 15.4. The van der Waals surface area contributed by atoms with E-state index in [0.717, 1.165) is 79.9 Å². The van der Waals surface area contributed by atoms with Gasteiger partial charge >= 0.3 is 0 Å². The van der Waals surface area contributed by atoms with Crippen molar-refractivity contribution in [2.45, 2.75) is 83.0 Å². The van der Waals surface area contributed by atoms with Crippen LogP contribution < -0.4 is 0 Å². The Labute approximate surface area is 203 Å². The number of rotatable bonds is 5. The molecule has 182 valence electrons. The standard InChI is InChI=1S/C29H32F4S/c1-2-3-23-14-21-12-13-24(27(32)29(21)34-23)20-10-8-18(9-11-20)17-4-6-19(7-5-17)22-15-25(30)28(33)26(31)16-22/h12-20H,2-11H2,1H3. The Hall–Kier alpha value is -1.88. The summed E-state index contributed by atoms with van der Waals surface area (Å²) in [4.78, 5) is 1.26. The van der Waals surface area contributed by atoms with Crippen LogP contribution in [0.2, 0.25) is 0 Å². The number of hydrogen-bond acceptors (Lipinski definition) is 1. The lowest BCUT2D eigenvalue weighted by Gasteiger charge is -2.38. The summed E-state index contributed by atoms with van der Waals surface area (Å²) in [7, 11) is 0. The van der Waals surface area contributed by atoms with Crippen LogP contribution in [0.15, 0.2) is 30.3 Å². The Kier molecular flexibility index (Phi) is 7.02. The largest absolute Gasteiger partial charge is 0.205 e. The van der Waals surface area contributed by atoms with Crippen LogP contribution in [0, 0.1) is 35.1 Å². The summed E-state index contributed by atoms with van der Waals surface area (Å²) >= 11 is 1.61. The van der Waals surface area contributed by atoms with Gasteiger partial charge in [-0.15, -0.1) is 11.3 Å². The van der Waals surface area contributed by atoms with Crippen molar-refractivity contribution in [3.05, 3.63) is 69.6 Å². The summed E-state index contributed by atoms with van der Waals surface area (Å²) in [6.07, 6.45) is 10.2. The van der Waals surface area contributed by atoms with Gasteiger partial charge in [0.1, 0.15) is 5.82 Å². The Morgan fingerprint density at radius 2 is 1.32 bits per heavy atom. The lowest BCUT2D eigenvalue weighted by atomic mass is 9.67. The van der Waals surface area contributed by atoms with Crippen LogP contribution in [-0.2, 0) is 6.42 Å². The van der Waals surface area contributed by atoms with Crippen LogP contribution in [0.3, 0.4) is 0 Å². The average molecular weight is 489 g/mol. The van der Waals surface area contributed by atoms with Crippen LogP contribution in [0.25, 0.3) is 10.1 Å². The summed E-state index contributed by atoms with van der Waals surface area (Å²) in [6, 6.07) is 8.57. The molecule has 2 aliphatic carbocycles. The minimum Gasteiger partial charge on any atom is -0.205 e. The molecule has 0 aliphatic heterocycles. The van der Waals surface area contributed by atoms with Crippen molar-refractivity contribution < 1.29 is 17.6 Å². The normalized spacial score (nSPS) is 25.7. The molecule has 1 aromatic heterocycles. The highest BCUT2D eigenvalue weighted by Gasteiger charge is 2.33. The zero-order chi connectivity index (χ0) is 23.8. The molecule has 5 rings (SSSR count). The first-order chi connectivity index (χ1) is 16.4. The van der Waals surface area contributed by atoms with Crippen LogP contribution in [0.5, 0.6) is 0 Å². The first kappa shape index (κ1) is 23.8. The highest BCUT2D eigenvalue weighted by atomic mass is 32.1. The molecule has 0 N–H and O–H groups in total. The molecule has 0 bridgehead atoms. The predicted molar refractivity (Wildman–Crippen MR) is 131 cm³/mol. The quantitative estimate of drug-likeness (QED) is 0.248. The van der Waals surface area contributed by atoms with E-state index in [1.54, 1.807) is 11.3 Å². The Morgan fingerprint density at radius 3 is 1.91 bits per heavy atom. The minimum absolute atomic E-state index is 0.00688. The van der Waals surface area contributed by atoms with E-state index in [1.807, 2.05) is 6.07 Å². The molecular weight excluding hydrogens is 456 g/mol. The molecule has 5 heteroatoms. The fourth-order valence-corrected chi connectivity index (χ4v) is 7.67. The SMILES string of the molecule is CCCc1cc2ccc(C3CCC(C4CCC(c5cc(F)c(F)c(F)c5)CC4)CC3)c(F)c2s1. The van der Waals surface area contributed by atoms with Gasteiger partial charge in [0.15, 0.2) is 17.5 Å². The van der Waals surface area contributed by atoms with Crippen LogP contribution in [0.4, 0.5) is 17.6 Å². The van der Waals surface area contributed by atoms with Crippen molar-refractivity contribution in [3.63, 3.8) is 0 Å². The van der Waals surface area contributed by atoms with Crippen molar-refractivity contribution in [2.75, 3.05) is 0 Å². The van der Waals surface area contributed by atoms with E-state index in [9.17, 15) is 13.2 Å². The zero-order valence-corrected chi connectivity index (χ0v) is 20.5. The van der Waals surface area contributed by atoms with E-state index in [0.29, 0.717) is 23.3 Å². The molecule has 0 unspecified atom stereocenters. The molecule has 0 atom stereocenters. The highest BCUT2D eigenvalue weighted by Crippen LogP contribution is 2.47. The summed E-state index contributed by atoms with van der Waals surface area (Å²) < 4.78 is 56.8. The second-order valence-corrected chi connectivity index (χ2v) is 11.5. The van der Waals surface area contributed by atoms with E-state index in [4.69, 9.17) is 0 Å². The third-order valence-corrected chi connectivity index (χ3v) is 9.53. The highest BCUT2D eigenvalue weighted by molar-refractivity contribution is 7.19. The Bertz CT molecular complexity index is 1130. The van der Waals surface area contributed by atoms with E-state index in [1.165, 1.54) is 17.0 Å². The van der Waals surface area contributed by atoms with E-state index >= 15 is 4.39 Å². The molecule has 34 heavy (non-hydrogen) atoms. The first-order valence-electron chi connectivity index (χ1n) is 12.8. The molecule has 0 radical (unpaired) electrons. The number of benzene rings is 2. The zero-order valence-electron chi connectivity index (χ0n) is 19.7. The summed E-state index contributed by atoms with van der Waals surface area (Å²) in [6.45, 7) is 2.15. The predicted octanol–water partition coefficient (Wildman–Crippen LogP) is 9.66. The number of hydrogen-bond donors (Lipinski definition) is 0. The molecule has 1 heterocycles. The van der Waals surface area contributed by atoms with Gasteiger partial charge in [0.2, 0.25) is 0 Å². The lowest BCUT2D eigenvalue weighted by Crippen LogP contribution is -2.25. The summed E-state index contributed by atoms with van der Waals surface area (Å²) in [5.74, 6) is -1.93. The third kappa shape index (κ3) is 4.65. The molecule has 2 aromatic carbocycles. The third-order valence-electron chi connectivity index (χ3n) is 8.33. The van der Waals surface area contributed by atoms with Gasteiger partial charge in [-0.3, -0.25) is 0 Å². The van der Waals surface area contributed by atoms with Crippen LogP contribution >= 0.6 is 11.3 Å². The van der Waals surface area contributed by atoms with E-state index < -0.39 is 17.5 Å². The van der Waals surface area contributed by atoms with Gasteiger partial charge in [-0.05, 0) is 116 Å². The average Bonchev–Trinajstić information content (AvgIpc) is 3.27. The van der Waals surface area contributed by atoms with Crippen molar-refractivity contribution >= 4 is 21.4 Å². The van der Waals surface area contributed by atoms with Gasteiger partial charge in [0.25, 0.3) is 0 Å². The summed E-state index contributed by atoms with van der Waals surface area (Å²) in [5.41, 5.74) is 1.47. The monoisotopic (exact) mass is 488 g/mol. The topological polar surface area (TPSA) is 0 Å². The van der Waals surface area contributed by atoms with E-state index in [2.05, 4.69) is 19.1 Å². The van der Waals surface area contributed by atoms with Crippen molar-refractivity contribution in [1.29, 1.82) is 0 Å². The van der Waals surface area contributed by atoms with Crippen LogP contribution in [0.1, 0.15) is 92.6 Å². The van der Waals surface area contributed by atoms with Gasteiger partial charge < -0.3 is 0 Å². The number of aryl methyl sites for hydroxylation is 1. The number of fused-ring (bicyclic) bond motifs is 1. The molecule has 0 spiro atoms. The van der Waals surface area contributed by atoms with Crippen molar-refractivity contribution in [1.82, 2.24) is 0 Å². The lowest BCUT2D eigenvalue weighted by molar-refractivity contribution is 0.176. The van der Waals surface area contributed by atoms with E-state index in [-0.39, 0.29) is 11.7 Å². The first-order valence-corrected chi connectivity index (χ1v) is 13.6. The van der Waals surface area contributed by atoms with Gasteiger partial charge in [0.05, 0.1) is 4.70 Å². The van der Waals surface area contributed by atoms with Gasteiger partial charge in [0, 0.05) is 4.88 Å². The molecular formula is C29H32F4S. The molecule has 3 aromatic rings. The Balaban J connectivity index is 1.19. The Morgan fingerprint density at radius 1 is 0.735 bits per heavy atom. The molecule has 2 fully saturated rings. The summed E-state index contributed by atoms with van der Waals surface area (Å²) in [5, 5.41) is 1.03. The maximum Gasteiger partial charge on any atom is 0.194 e. The number of thiophene rings is 1. The molecule has 0 saturated heterocycles.